The zero-order valence-corrected chi connectivity index (χ0v) is 19.2. The van der Waals surface area contributed by atoms with Gasteiger partial charge in [-0.3, -0.25) is 14.8 Å². The first-order valence-corrected chi connectivity index (χ1v) is 11.5. The van der Waals surface area contributed by atoms with Crippen molar-refractivity contribution in [3.05, 3.63) is 78.8 Å². The van der Waals surface area contributed by atoms with Gasteiger partial charge in [0.15, 0.2) is 0 Å². The highest BCUT2D eigenvalue weighted by molar-refractivity contribution is 5.93. The second-order valence-electron chi connectivity index (χ2n) is 8.34. The van der Waals surface area contributed by atoms with Gasteiger partial charge < -0.3 is 14.2 Å². The van der Waals surface area contributed by atoms with Crippen molar-refractivity contribution in [3.63, 3.8) is 0 Å². The van der Waals surface area contributed by atoms with Crippen LogP contribution in [0.3, 0.4) is 0 Å². The summed E-state index contributed by atoms with van der Waals surface area (Å²) < 4.78 is 7.48. The minimum Gasteiger partial charge on any atom is -0.497 e. The van der Waals surface area contributed by atoms with E-state index in [1.54, 1.807) is 7.11 Å². The molecule has 1 aliphatic rings. The Morgan fingerprint density at radius 3 is 2.56 bits per heavy atom. The lowest BCUT2D eigenvalue weighted by Crippen LogP contribution is -2.49. The SMILES string of the molecule is COc1cccc(-c2cc(C(=O)N3CCN(CCn4ccnc4-c4ccccc4)CC3)[nH]n2)c1. The summed E-state index contributed by atoms with van der Waals surface area (Å²) in [5, 5.41) is 7.25. The number of carbonyl (C=O) groups is 1. The monoisotopic (exact) mass is 456 g/mol. The van der Waals surface area contributed by atoms with Crippen LogP contribution in [0.4, 0.5) is 0 Å². The van der Waals surface area contributed by atoms with Gasteiger partial charge >= 0.3 is 0 Å². The van der Waals surface area contributed by atoms with Crippen LogP contribution in [0.15, 0.2) is 73.1 Å². The van der Waals surface area contributed by atoms with Crippen LogP contribution < -0.4 is 4.74 Å². The van der Waals surface area contributed by atoms with Crippen LogP contribution >= 0.6 is 0 Å². The quantitative estimate of drug-likeness (QED) is 0.461. The molecule has 2 aromatic heterocycles. The molecule has 0 atom stereocenters. The van der Waals surface area contributed by atoms with Crippen molar-refractivity contribution in [2.24, 2.45) is 0 Å². The van der Waals surface area contributed by atoms with Gasteiger partial charge in [-0.25, -0.2) is 4.98 Å². The third kappa shape index (κ3) is 4.72. The van der Waals surface area contributed by atoms with Crippen molar-refractivity contribution in [3.8, 4) is 28.4 Å². The Kier molecular flexibility index (Phi) is 6.40. The van der Waals surface area contributed by atoms with Crippen LogP contribution in [0, 0.1) is 0 Å². The van der Waals surface area contributed by atoms with Crippen LogP contribution in [-0.4, -0.2) is 75.3 Å². The zero-order chi connectivity index (χ0) is 23.3. The Bertz CT molecular complexity index is 1240. The van der Waals surface area contributed by atoms with E-state index in [9.17, 15) is 4.79 Å². The number of ether oxygens (including phenoxy) is 1. The Labute approximate surface area is 198 Å². The van der Waals surface area contributed by atoms with Gasteiger partial charge in [0, 0.05) is 62.8 Å². The molecule has 0 unspecified atom stereocenters. The van der Waals surface area contributed by atoms with Gasteiger partial charge in [-0.2, -0.15) is 5.10 Å². The molecule has 0 spiro atoms. The number of aromatic amines is 1. The third-order valence-electron chi connectivity index (χ3n) is 6.24. The number of nitrogens with one attached hydrogen (secondary N) is 1. The van der Waals surface area contributed by atoms with E-state index in [1.165, 1.54) is 0 Å². The molecule has 2 aromatic carbocycles. The van der Waals surface area contributed by atoms with E-state index in [1.807, 2.05) is 65.8 Å². The molecule has 0 radical (unpaired) electrons. The number of methoxy groups -OCH3 is 1. The molecule has 1 aliphatic heterocycles. The Morgan fingerprint density at radius 2 is 1.76 bits per heavy atom. The maximum Gasteiger partial charge on any atom is 0.271 e. The normalized spacial score (nSPS) is 14.3. The molecular weight excluding hydrogens is 428 g/mol. The highest BCUT2D eigenvalue weighted by Crippen LogP contribution is 2.23. The van der Waals surface area contributed by atoms with Crippen molar-refractivity contribution in [1.82, 2.24) is 29.5 Å². The summed E-state index contributed by atoms with van der Waals surface area (Å²) >= 11 is 0. The van der Waals surface area contributed by atoms with Crippen molar-refractivity contribution in [2.45, 2.75) is 6.54 Å². The highest BCUT2D eigenvalue weighted by Gasteiger charge is 2.24. The number of hydrogen-bond acceptors (Lipinski definition) is 5. The van der Waals surface area contributed by atoms with E-state index in [2.05, 4.69) is 36.8 Å². The van der Waals surface area contributed by atoms with Crippen LogP contribution in [0.1, 0.15) is 10.5 Å². The Morgan fingerprint density at radius 1 is 0.971 bits per heavy atom. The van der Waals surface area contributed by atoms with Gasteiger partial charge in [0.05, 0.1) is 12.8 Å². The van der Waals surface area contributed by atoms with Crippen LogP contribution in [0.25, 0.3) is 22.6 Å². The fourth-order valence-corrected chi connectivity index (χ4v) is 4.29. The molecule has 8 nitrogen and oxygen atoms in total. The number of nitrogens with zero attached hydrogens (tertiary/aromatic N) is 5. The number of amides is 1. The summed E-state index contributed by atoms with van der Waals surface area (Å²) in [6.07, 6.45) is 3.88. The molecule has 3 heterocycles. The average Bonchev–Trinajstić information content (AvgIpc) is 3.58. The minimum absolute atomic E-state index is 0.0118. The summed E-state index contributed by atoms with van der Waals surface area (Å²) in [5.41, 5.74) is 3.28. The van der Waals surface area contributed by atoms with Crippen LogP contribution in [-0.2, 0) is 6.54 Å². The molecule has 5 rings (SSSR count). The second-order valence-corrected chi connectivity index (χ2v) is 8.34. The molecular formula is C26H28N6O2. The molecule has 1 saturated heterocycles. The predicted molar refractivity (Wildman–Crippen MR) is 131 cm³/mol. The fourth-order valence-electron chi connectivity index (χ4n) is 4.29. The first kappa shape index (κ1) is 21.9. The van der Waals surface area contributed by atoms with Crippen molar-refractivity contribution >= 4 is 5.91 Å². The van der Waals surface area contributed by atoms with Gasteiger partial charge in [-0.15, -0.1) is 0 Å². The van der Waals surface area contributed by atoms with Crippen LogP contribution in [0.5, 0.6) is 5.75 Å². The molecule has 0 saturated carbocycles. The molecule has 0 aliphatic carbocycles. The van der Waals surface area contributed by atoms with Crippen LogP contribution in [0.2, 0.25) is 0 Å². The van der Waals surface area contributed by atoms with Crippen molar-refractivity contribution < 1.29 is 9.53 Å². The van der Waals surface area contributed by atoms with E-state index in [-0.39, 0.29) is 5.91 Å². The van der Waals surface area contributed by atoms with Gasteiger partial charge in [0.2, 0.25) is 0 Å². The number of hydrogen-bond donors (Lipinski definition) is 1. The number of imidazole rings is 1. The lowest BCUT2D eigenvalue weighted by molar-refractivity contribution is 0.0627. The van der Waals surface area contributed by atoms with Gasteiger partial charge in [0.25, 0.3) is 5.91 Å². The molecule has 1 N–H and O–H groups in total. The number of carbonyl (C=O) groups excluding carboxylic acids is 1. The standard InChI is InChI=1S/C26H28N6O2/c1-34-22-9-5-8-21(18-22)23-19-24(29-28-23)26(33)32-16-13-30(14-17-32)12-15-31-11-10-27-25(31)20-6-3-2-4-7-20/h2-11,18-19H,12-17H2,1H3,(H,28,29). The topological polar surface area (TPSA) is 79.3 Å². The molecule has 1 fully saturated rings. The molecule has 1 amide bonds. The molecule has 174 valence electrons. The maximum absolute atomic E-state index is 13.0. The van der Waals surface area contributed by atoms with Gasteiger partial charge in [-0.1, -0.05) is 42.5 Å². The lowest BCUT2D eigenvalue weighted by Gasteiger charge is -2.34. The third-order valence-corrected chi connectivity index (χ3v) is 6.24. The largest absolute Gasteiger partial charge is 0.497 e. The van der Waals surface area contributed by atoms with E-state index >= 15 is 0 Å². The minimum atomic E-state index is -0.0118. The zero-order valence-electron chi connectivity index (χ0n) is 19.2. The maximum atomic E-state index is 13.0. The van der Waals surface area contributed by atoms with Crippen molar-refractivity contribution in [2.75, 3.05) is 39.8 Å². The average molecular weight is 457 g/mol. The van der Waals surface area contributed by atoms with E-state index in [0.29, 0.717) is 18.8 Å². The van der Waals surface area contributed by atoms with Gasteiger partial charge in [-0.05, 0) is 18.2 Å². The van der Waals surface area contributed by atoms with Gasteiger partial charge in [0.1, 0.15) is 17.3 Å². The summed E-state index contributed by atoms with van der Waals surface area (Å²) in [4.78, 5) is 21.8. The summed E-state index contributed by atoms with van der Waals surface area (Å²) in [5.74, 6) is 1.74. The highest BCUT2D eigenvalue weighted by atomic mass is 16.5. The second kappa shape index (κ2) is 9.93. The number of H-pyrrole nitrogens is 1. The molecule has 4 aromatic rings. The number of benzene rings is 2. The summed E-state index contributed by atoms with van der Waals surface area (Å²) in [6.45, 7) is 4.87. The number of piperazine rings is 1. The summed E-state index contributed by atoms with van der Waals surface area (Å²) in [6, 6.07) is 19.7. The van der Waals surface area contributed by atoms with E-state index < -0.39 is 0 Å². The molecule has 34 heavy (non-hydrogen) atoms. The Hall–Kier alpha value is -3.91. The fraction of sp³-hybridized carbons (Fsp3) is 0.269. The predicted octanol–water partition coefficient (Wildman–Crippen LogP) is 3.41. The Balaban J connectivity index is 1.15. The lowest BCUT2D eigenvalue weighted by atomic mass is 10.1. The molecule has 0 bridgehead atoms. The van der Waals surface area contributed by atoms with E-state index in [4.69, 9.17) is 4.74 Å². The number of rotatable bonds is 7. The smallest absolute Gasteiger partial charge is 0.271 e. The first-order valence-electron chi connectivity index (χ1n) is 11.5. The summed E-state index contributed by atoms with van der Waals surface area (Å²) in [7, 11) is 1.63. The molecule has 8 heteroatoms. The van der Waals surface area contributed by atoms with E-state index in [0.717, 1.165) is 54.6 Å². The van der Waals surface area contributed by atoms with Crippen molar-refractivity contribution in [1.29, 1.82) is 0 Å². The number of aromatic nitrogens is 4. The first-order chi connectivity index (χ1) is 16.7.